The lowest BCUT2D eigenvalue weighted by Crippen LogP contribution is -2.58. The van der Waals surface area contributed by atoms with Gasteiger partial charge in [0.2, 0.25) is 21.8 Å². The van der Waals surface area contributed by atoms with Gasteiger partial charge in [-0.3, -0.25) is 23.7 Å². The van der Waals surface area contributed by atoms with Gasteiger partial charge in [0.25, 0.3) is 11.9 Å². The van der Waals surface area contributed by atoms with Crippen molar-refractivity contribution >= 4 is 50.1 Å². The van der Waals surface area contributed by atoms with Gasteiger partial charge in [0, 0.05) is 29.3 Å². The lowest BCUT2D eigenvalue weighted by atomic mass is 10.1. The summed E-state index contributed by atoms with van der Waals surface area (Å²) in [5, 5.41) is 3.94. The van der Waals surface area contributed by atoms with Crippen LogP contribution in [0, 0.1) is 5.92 Å². The minimum absolute atomic E-state index is 0.00838. The quantitative estimate of drug-likeness (QED) is 0.283. The average Bonchev–Trinajstić information content (AvgIpc) is 3.76. The Morgan fingerprint density at radius 1 is 1.17 bits per heavy atom. The van der Waals surface area contributed by atoms with Crippen LogP contribution in [0.1, 0.15) is 90.3 Å². The summed E-state index contributed by atoms with van der Waals surface area (Å²) in [6.45, 7) is 5.34. The number of hydrogen-bond donors (Lipinski definition) is 3. The number of hydrogen-bond acceptors (Lipinski definition) is 10. The molecule has 4 aliphatic rings. The number of halogens is 3. The number of para-hydroxylation sites is 1. The van der Waals surface area contributed by atoms with Gasteiger partial charge >= 0.3 is 6.18 Å². The standard InChI is InChI=1S/C36H44F3N7O6S2/c1-20(2)46-25-13-9-11-23(30-41-27(19-53-30)36(37,38)39)28(25)42-33(46)52-22-16-26-29(47)43-35(32(49)44-54(50,51)34(3)14-15-34)17-21(35)10-7-5-4-6-8-12-24(40)31(48)45(26)18-22/h7,9-11,13,19-22,24,26H,4-6,8,12,14-18,40H2,1-3H3,(H,43,47)(H,44,49). The summed E-state index contributed by atoms with van der Waals surface area (Å²) in [6, 6.07) is 3.07. The third-order valence-electron chi connectivity index (χ3n) is 11.0. The molecule has 0 bridgehead atoms. The van der Waals surface area contributed by atoms with E-state index in [1.165, 1.54) is 4.90 Å². The predicted octanol–water partition coefficient (Wildman–Crippen LogP) is 4.83. The van der Waals surface area contributed by atoms with Crippen molar-refractivity contribution in [1.82, 2.24) is 29.5 Å². The van der Waals surface area contributed by atoms with E-state index in [1.54, 1.807) is 29.7 Å². The summed E-state index contributed by atoms with van der Waals surface area (Å²) in [7, 11) is -3.99. The first-order valence-electron chi connectivity index (χ1n) is 18.3. The molecule has 2 aromatic heterocycles. The minimum atomic E-state index is -4.60. The van der Waals surface area contributed by atoms with E-state index in [4.69, 9.17) is 15.5 Å². The van der Waals surface area contributed by atoms with E-state index in [2.05, 4.69) is 15.0 Å². The molecule has 2 aliphatic heterocycles. The first-order valence-corrected chi connectivity index (χ1v) is 20.6. The molecule has 3 aromatic rings. The van der Waals surface area contributed by atoms with Crippen LogP contribution in [-0.4, -0.2) is 80.6 Å². The highest BCUT2D eigenvalue weighted by molar-refractivity contribution is 7.91. The normalized spacial score (nSPS) is 27.5. The Morgan fingerprint density at radius 3 is 2.61 bits per heavy atom. The Morgan fingerprint density at radius 2 is 1.93 bits per heavy atom. The molecule has 54 heavy (non-hydrogen) atoms. The molecular formula is C36H44F3N7O6S2. The summed E-state index contributed by atoms with van der Waals surface area (Å²) in [5.74, 6) is -2.35. The molecule has 2 saturated carbocycles. The molecule has 4 N–H and O–H groups in total. The molecule has 5 atom stereocenters. The Labute approximate surface area is 314 Å². The molecule has 0 radical (unpaired) electrons. The van der Waals surface area contributed by atoms with E-state index in [9.17, 15) is 36.0 Å². The monoisotopic (exact) mass is 791 g/mol. The summed E-state index contributed by atoms with van der Waals surface area (Å²) >= 11 is 0.854. The number of fused-ring (bicyclic) bond motifs is 3. The van der Waals surface area contributed by atoms with Gasteiger partial charge in [-0.25, -0.2) is 13.4 Å². The molecule has 7 rings (SSSR count). The maximum absolute atomic E-state index is 14.2. The van der Waals surface area contributed by atoms with Crippen LogP contribution in [0.2, 0.25) is 0 Å². The minimum Gasteiger partial charge on any atom is -0.459 e. The zero-order chi connectivity index (χ0) is 38.8. The number of nitrogens with two attached hydrogens (primary N) is 1. The van der Waals surface area contributed by atoms with Crippen molar-refractivity contribution in [2.24, 2.45) is 11.7 Å². The van der Waals surface area contributed by atoms with Crippen LogP contribution in [0.3, 0.4) is 0 Å². The van der Waals surface area contributed by atoms with E-state index in [-0.39, 0.29) is 36.4 Å². The zero-order valence-corrected chi connectivity index (χ0v) is 31.8. The maximum atomic E-state index is 14.2. The lowest BCUT2D eigenvalue weighted by Gasteiger charge is -2.28. The molecule has 5 unspecified atom stereocenters. The molecule has 2 aliphatic carbocycles. The van der Waals surface area contributed by atoms with E-state index >= 15 is 0 Å². The number of carbonyl (C=O) groups is 3. The van der Waals surface area contributed by atoms with Gasteiger partial charge in [-0.15, -0.1) is 11.3 Å². The number of rotatable bonds is 7. The van der Waals surface area contributed by atoms with Crippen molar-refractivity contribution in [3.8, 4) is 16.6 Å². The largest absolute Gasteiger partial charge is 0.459 e. The van der Waals surface area contributed by atoms with Gasteiger partial charge < -0.3 is 20.7 Å². The Bertz CT molecular complexity index is 2110. The van der Waals surface area contributed by atoms with Crippen molar-refractivity contribution in [2.45, 2.75) is 119 Å². The third kappa shape index (κ3) is 7.11. The predicted molar refractivity (Wildman–Crippen MR) is 195 cm³/mol. The SMILES string of the molecule is CC(C)n1c(OC2CC3C(=O)NC4(C(=O)NS(=O)(=O)C5(C)CC5)CC4C=CCCCCCC(N)C(=O)N3C2)nc2c(-c3nc(C(F)(F)F)cs3)cccc21. The highest BCUT2D eigenvalue weighted by Gasteiger charge is 2.63. The smallest absolute Gasteiger partial charge is 0.434 e. The number of alkyl halides is 3. The molecule has 292 valence electrons. The van der Waals surface area contributed by atoms with Gasteiger partial charge in [0.05, 0.1) is 22.9 Å². The molecule has 1 saturated heterocycles. The van der Waals surface area contributed by atoms with Crippen molar-refractivity contribution in [1.29, 1.82) is 0 Å². The van der Waals surface area contributed by atoms with Crippen LogP contribution in [-0.2, 0) is 30.6 Å². The molecular weight excluding hydrogens is 748 g/mol. The number of imidazole rings is 1. The number of nitrogens with one attached hydrogen (secondary N) is 2. The van der Waals surface area contributed by atoms with Crippen molar-refractivity contribution in [3.63, 3.8) is 0 Å². The molecule has 13 nitrogen and oxygen atoms in total. The van der Waals surface area contributed by atoms with Crippen molar-refractivity contribution in [3.05, 3.63) is 41.4 Å². The average molecular weight is 792 g/mol. The topological polar surface area (TPSA) is 179 Å². The zero-order valence-electron chi connectivity index (χ0n) is 30.2. The van der Waals surface area contributed by atoms with Crippen LogP contribution in [0.15, 0.2) is 35.7 Å². The maximum Gasteiger partial charge on any atom is 0.434 e. The van der Waals surface area contributed by atoms with Gasteiger partial charge in [-0.1, -0.05) is 31.1 Å². The number of benzene rings is 1. The fourth-order valence-corrected chi connectivity index (χ4v) is 9.53. The summed E-state index contributed by atoms with van der Waals surface area (Å²) < 4.78 is 75.8. The highest BCUT2D eigenvalue weighted by Crippen LogP contribution is 2.48. The molecule has 3 amide bonds. The first kappa shape index (κ1) is 38.3. The molecule has 1 aromatic carbocycles. The lowest BCUT2D eigenvalue weighted by molar-refractivity contribution is -0.141. The Balaban J connectivity index is 1.19. The van der Waals surface area contributed by atoms with Crippen molar-refractivity contribution < 1.29 is 40.7 Å². The van der Waals surface area contributed by atoms with Gasteiger partial charge in [-0.2, -0.15) is 18.2 Å². The molecule has 3 fully saturated rings. The number of aromatic nitrogens is 3. The fourth-order valence-electron chi connectivity index (χ4n) is 7.37. The van der Waals surface area contributed by atoms with E-state index in [1.807, 2.05) is 26.0 Å². The number of nitrogens with zero attached hydrogens (tertiary/aromatic N) is 4. The Kier molecular flexibility index (Phi) is 9.86. The summed E-state index contributed by atoms with van der Waals surface area (Å²) in [5.41, 5.74) is 5.25. The van der Waals surface area contributed by atoms with Crippen LogP contribution < -0.4 is 20.5 Å². The second-order valence-electron chi connectivity index (χ2n) is 15.4. The molecule has 18 heteroatoms. The van der Waals surface area contributed by atoms with E-state index < -0.39 is 74.0 Å². The van der Waals surface area contributed by atoms with E-state index in [0.29, 0.717) is 42.3 Å². The van der Waals surface area contributed by atoms with Crippen LogP contribution >= 0.6 is 11.3 Å². The Hall–Kier alpha value is -4.03. The van der Waals surface area contributed by atoms with Gasteiger partial charge in [0.15, 0.2) is 5.69 Å². The second-order valence-corrected chi connectivity index (χ2v) is 18.4. The number of ether oxygens (including phenoxy) is 1. The number of amides is 3. The first-order chi connectivity index (χ1) is 25.4. The number of carbonyl (C=O) groups excluding carboxylic acids is 3. The number of sulfonamides is 1. The number of thiazole rings is 1. The van der Waals surface area contributed by atoms with Crippen LogP contribution in [0.4, 0.5) is 13.2 Å². The van der Waals surface area contributed by atoms with Crippen molar-refractivity contribution in [2.75, 3.05) is 6.54 Å². The van der Waals surface area contributed by atoms with Gasteiger partial charge in [-0.05, 0) is 71.4 Å². The molecule has 4 heterocycles. The fraction of sp³-hybridized carbons (Fsp3) is 0.583. The number of allylic oxidation sites excluding steroid dienone is 1. The van der Waals surface area contributed by atoms with Crippen LogP contribution in [0.5, 0.6) is 6.01 Å². The summed E-state index contributed by atoms with van der Waals surface area (Å²) in [4.78, 5) is 51.8. The summed E-state index contributed by atoms with van der Waals surface area (Å²) in [6.07, 6.45) is 2.94. The highest BCUT2D eigenvalue weighted by atomic mass is 32.2. The molecule has 0 spiro atoms. The van der Waals surface area contributed by atoms with Gasteiger partial charge in [0.1, 0.15) is 28.2 Å². The third-order valence-corrected chi connectivity index (χ3v) is 14.1. The van der Waals surface area contributed by atoms with E-state index in [0.717, 1.165) is 36.0 Å². The van der Waals surface area contributed by atoms with Crippen LogP contribution in [0.25, 0.3) is 21.6 Å². The second kappa shape index (κ2) is 13.9.